The Kier molecular flexibility index (Phi) is 2.93. The van der Waals surface area contributed by atoms with E-state index < -0.39 is 0 Å². The maximum absolute atomic E-state index is 10.9. The van der Waals surface area contributed by atoms with Crippen molar-refractivity contribution in [1.29, 1.82) is 0 Å². The van der Waals surface area contributed by atoms with Crippen molar-refractivity contribution in [3.63, 3.8) is 0 Å². The van der Waals surface area contributed by atoms with Gasteiger partial charge in [-0.25, -0.2) is 0 Å². The smallest absolute Gasteiger partial charge is 0.159 e. The topological polar surface area (TPSA) is 17.1 Å². The zero-order valence-electron chi connectivity index (χ0n) is 7.24. The van der Waals surface area contributed by atoms with Gasteiger partial charge in [0.25, 0.3) is 0 Å². The molecule has 1 nitrogen and oxygen atoms in total. The average Bonchev–Trinajstić information content (AvgIpc) is 2.04. The third kappa shape index (κ3) is 2.11. The van der Waals surface area contributed by atoms with Gasteiger partial charge in [0.05, 0.1) is 0 Å². The number of carbonyl (C=O) groups excluding carboxylic acids is 1. The summed E-state index contributed by atoms with van der Waals surface area (Å²) in [5, 5.41) is 0.228. The predicted molar refractivity (Wildman–Crippen MR) is 53.8 cm³/mol. The summed E-state index contributed by atoms with van der Waals surface area (Å²) < 4.78 is 0. The van der Waals surface area contributed by atoms with E-state index in [-0.39, 0.29) is 11.0 Å². The molecule has 0 amide bonds. The highest BCUT2D eigenvalue weighted by Gasteiger charge is 2.01. The minimum atomic E-state index is 0.105. The SMILES string of the molecule is CC(=O)c1ccc(C(C)S)cc1. The molecule has 0 aromatic heterocycles. The standard InChI is InChI=1S/C10H12OS/c1-7(11)9-3-5-10(6-4-9)8(2)12/h3-6,8,12H,1-2H3. The molecule has 0 spiro atoms. The Balaban J connectivity index is 2.93. The van der Waals surface area contributed by atoms with Gasteiger partial charge in [0, 0.05) is 10.8 Å². The average molecular weight is 180 g/mol. The predicted octanol–water partition coefficient (Wildman–Crippen LogP) is 2.88. The molecule has 0 aliphatic rings. The molecule has 1 unspecified atom stereocenters. The van der Waals surface area contributed by atoms with Crippen LogP contribution in [-0.4, -0.2) is 5.78 Å². The Morgan fingerprint density at radius 1 is 1.33 bits per heavy atom. The first kappa shape index (κ1) is 9.33. The number of rotatable bonds is 2. The van der Waals surface area contributed by atoms with Gasteiger partial charge < -0.3 is 0 Å². The Bertz CT molecular complexity index is 274. The normalized spacial score (nSPS) is 12.6. The number of benzene rings is 1. The summed E-state index contributed by atoms with van der Waals surface area (Å²) in [4.78, 5) is 10.9. The van der Waals surface area contributed by atoms with Gasteiger partial charge in [-0.15, -0.1) is 0 Å². The van der Waals surface area contributed by atoms with Crippen LogP contribution in [0.25, 0.3) is 0 Å². The number of Topliss-reactive ketones (excluding diaryl/α,β-unsaturated/α-hetero) is 1. The molecule has 0 heterocycles. The second-order valence-electron chi connectivity index (χ2n) is 2.85. The summed E-state index contributed by atoms with van der Waals surface area (Å²) in [5.41, 5.74) is 1.90. The zero-order valence-corrected chi connectivity index (χ0v) is 8.14. The molecule has 64 valence electrons. The summed E-state index contributed by atoms with van der Waals surface area (Å²) in [6, 6.07) is 7.55. The van der Waals surface area contributed by atoms with E-state index in [9.17, 15) is 4.79 Å². The van der Waals surface area contributed by atoms with Crippen LogP contribution in [0.5, 0.6) is 0 Å². The van der Waals surface area contributed by atoms with Gasteiger partial charge in [-0.05, 0) is 19.4 Å². The Morgan fingerprint density at radius 3 is 2.17 bits per heavy atom. The van der Waals surface area contributed by atoms with Crippen molar-refractivity contribution in [2.45, 2.75) is 19.1 Å². The molecule has 1 rings (SSSR count). The highest BCUT2D eigenvalue weighted by molar-refractivity contribution is 7.80. The fraction of sp³-hybridized carbons (Fsp3) is 0.300. The van der Waals surface area contributed by atoms with Crippen LogP contribution in [-0.2, 0) is 0 Å². The second kappa shape index (κ2) is 3.76. The molecule has 0 aliphatic carbocycles. The molecule has 0 fully saturated rings. The van der Waals surface area contributed by atoms with Crippen LogP contribution >= 0.6 is 12.6 Å². The van der Waals surface area contributed by atoms with E-state index in [1.54, 1.807) is 6.92 Å². The van der Waals surface area contributed by atoms with Crippen LogP contribution in [0.15, 0.2) is 24.3 Å². The molecule has 12 heavy (non-hydrogen) atoms. The third-order valence-electron chi connectivity index (χ3n) is 1.80. The lowest BCUT2D eigenvalue weighted by Crippen LogP contribution is -1.92. The monoisotopic (exact) mass is 180 g/mol. The molecule has 0 saturated heterocycles. The Labute approximate surface area is 78.2 Å². The van der Waals surface area contributed by atoms with Crippen molar-refractivity contribution in [2.24, 2.45) is 0 Å². The summed E-state index contributed by atoms with van der Waals surface area (Å²) in [6.45, 7) is 3.57. The van der Waals surface area contributed by atoms with Crippen LogP contribution in [0.3, 0.4) is 0 Å². The first-order valence-electron chi connectivity index (χ1n) is 3.90. The zero-order chi connectivity index (χ0) is 9.14. The van der Waals surface area contributed by atoms with E-state index in [1.165, 1.54) is 0 Å². The molecule has 0 bridgehead atoms. The van der Waals surface area contributed by atoms with Gasteiger partial charge in [0.2, 0.25) is 0 Å². The number of ketones is 1. The van der Waals surface area contributed by atoms with Gasteiger partial charge in [0.15, 0.2) is 5.78 Å². The molecule has 0 saturated carbocycles. The van der Waals surface area contributed by atoms with Crippen LogP contribution in [0, 0.1) is 0 Å². The number of thiol groups is 1. The maximum atomic E-state index is 10.9. The van der Waals surface area contributed by atoms with Crippen molar-refractivity contribution >= 4 is 18.4 Å². The van der Waals surface area contributed by atoms with E-state index >= 15 is 0 Å². The number of hydrogen-bond acceptors (Lipinski definition) is 2. The molecule has 1 aromatic rings. The Hall–Kier alpha value is -0.760. The quantitative estimate of drug-likeness (QED) is 0.547. The summed E-state index contributed by atoms with van der Waals surface area (Å²) in [6.07, 6.45) is 0. The highest BCUT2D eigenvalue weighted by atomic mass is 32.1. The van der Waals surface area contributed by atoms with E-state index in [0.29, 0.717) is 0 Å². The van der Waals surface area contributed by atoms with Crippen LogP contribution in [0.1, 0.15) is 35.0 Å². The van der Waals surface area contributed by atoms with Crippen LogP contribution in [0.2, 0.25) is 0 Å². The summed E-state index contributed by atoms with van der Waals surface area (Å²) in [5.74, 6) is 0.105. The van der Waals surface area contributed by atoms with Crippen molar-refractivity contribution in [3.8, 4) is 0 Å². The van der Waals surface area contributed by atoms with Gasteiger partial charge >= 0.3 is 0 Å². The van der Waals surface area contributed by atoms with Crippen LogP contribution in [0.4, 0.5) is 0 Å². The lowest BCUT2D eigenvalue weighted by Gasteiger charge is -2.03. The first-order chi connectivity index (χ1) is 5.61. The maximum Gasteiger partial charge on any atom is 0.159 e. The summed E-state index contributed by atoms with van der Waals surface area (Å²) >= 11 is 4.29. The third-order valence-corrected chi connectivity index (χ3v) is 2.10. The van der Waals surface area contributed by atoms with E-state index in [1.807, 2.05) is 31.2 Å². The molecular formula is C10H12OS. The molecule has 1 atom stereocenters. The number of carbonyl (C=O) groups is 1. The highest BCUT2D eigenvalue weighted by Crippen LogP contribution is 2.18. The minimum absolute atomic E-state index is 0.105. The van der Waals surface area contributed by atoms with Crippen molar-refractivity contribution in [1.82, 2.24) is 0 Å². The molecule has 1 aromatic carbocycles. The molecule has 0 radical (unpaired) electrons. The van der Waals surface area contributed by atoms with Gasteiger partial charge in [-0.3, -0.25) is 4.79 Å². The van der Waals surface area contributed by atoms with Gasteiger partial charge in [-0.1, -0.05) is 24.3 Å². The molecule has 2 heteroatoms. The Morgan fingerprint density at radius 2 is 1.83 bits per heavy atom. The number of hydrogen-bond donors (Lipinski definition) is 1. The van der Waals surface area contributed by atoms with Gasteiger partial charge in [-0.2, -0.15) is 12.6 Å². The molecular weight excluding hydrogens is 168 g/mol. The molecule has 0 aliphatic heterocycles. The lowest BCUT2D eigenvalue weighted by molar-refractivity contribution is 0.101. The van der Waals surface area contributed by atoms with Crippen molar-refractivity contribution in [2.75, 3.05) is 0 Å². The molecule has 0 N–H and O–H groups in total. The van der Waals surface area contributed by atoms with E-state index in [4.69, 9.17) is 0 Å². The van der Waals surface area contributed by atoms with E-state index in [2.05, 4.69) is 12.6 Å². The van der Waals surface area contributed by atoms with Crippen molar-refractivity contribution in [3.05, 3.63) is 35.4 Å². The first-order valence-corrected chi connectivity index (χ1v) is 4.42. The minimum Gasteiger partial charge on any atom is -0.295 e. The lowest BCUT2D eigenvalue weighted by atomic mass is 10.1. The fourth-order valence-corrected chi connectivity index (χ4v) is 1.17. The summed E-state index contributed by atoms with van der Waals surface area (Å²) in [7, 11) is 0. The fourth-order valence-electron chi connectivity index (χ4n) is 0.996. The largest absolute Gasteiger partial charge is 0.295 e. The van der Waals surface area contributed by atoms with Crippen molar-refractivity contribution < 1.29 is 4.79 Å². The van der Waals surface area contributed by atoms with Gasteiger partial charge in [0.1, 0.15) is 0 Å². The van der Waals surface area contributed by atoms with Crippen LogP contribution < -0.4 is 0 Å². The second-order valence-corrected chi connectivity index (χ2v) is 3.63. The van der Waals surface area contributed by atoms with E-state index in [0.717, 1.165) is 11.1 Å².